The summed E-state index contributed by atoms with van der Waals surface area (Å²) in [7, 11) is 0. The number of rotatable bonds is 7. The first-order chi connectivity index (χ1) is 13.2. The molecule has 3 saturated carbocycles. The zero-order chi connectivity index (χ0) is 18.6. The molecular formula is C22H30N2O3. The molecule has 0 aliphatic heterocycles. The minimum atomic E-state index is -0.431. The van der Waals surface area contributed by atoms with Crippen molar-refractivity contribution in [2.24, 2.45) is 23.7 Å². The third kappa shape index (κ3) is 4.28. The van der Waals surface area contributed by atoms with Gasteiger partial charge in [-0.05, 0) is 61.3 Å². The highest BCUT2D eigenvalue weighted by atomic mass is 16.5. The predicted molar refractivity (Wildman–Crippen MR) is 103 cm³/mol. The van der Waals surface area contributed by atoms with E-state index in [4.69, 9.17) is 4.74 Å². The first-order valence-corrected chi connectivity index (χ1v) is 10.4. The minimum Gasteiger partial charge on any atom is -0.445 e. The highest BCUT2D eigenvalue weighted by molar-refractivity contribution is 5.76. The van der Waals surface area contributed by atoms with Crippen molar-refractivity contribution < 1.29 is 14.3 Å². The summed E-state index contributed by atoms with van der Waals surface area (Å²) in [5.74, 6) is 3.53. The molecule has 5 heteroatoms. The van der Waals surface area contributed by atoms with Gasteiger partial charge in [0.1, 0.15) is 6.61 Å². The molecule has 0 heterocycles. The molecule has 0 aromatic heterocycles. The van der Waals surface area contributed by atoms with Crippen molar-refractivity contribution in [3.05, 3.63) is 35.9 Å². The number of carbonyl (C=O) groups excluding carboxylic acids is 2. The number of hydrogen-bond acceptors (Lipinski definition) is 3. The summed E-state index contributed by atoms with van der Waals surface area (Å²) >= 11 is 0. The molecule has 2 N–H and O–H groups in total. The summed E-state index contributed by atoms with van der Waals surface area (Å²) in [5, 5.41) is 5.99. The van der Waals surface area contributed by atoms with E-state index in [9.17, 15) is 9.59 Å². The van der Waals surface area contributed by atoms with Gasteiger partial charge >= 0.3 is 6.09 Å². The summed E-state index contributed by atoms with van der Waals surface area (Å²) in [5.41, 5.74) is 0.961. The lowest BCUT2D eigenvalue weighted by Gasteiger charge is -2.32. The van der Waals surface area contributed by atoms with Crippen LogP contribution in [0.1, 0.15) is 50.5 Å². The van der Waals surface area contributed by atoms with Crippen LogP contribution in [0.3, 0.4) is 0 Å². The molecule has 2 bridgehead atoms. The second kappa shape index (κ2) is 8.32. The molecule has 5 nitrogen and oxygen atoms in total. The van der Waals surface area contributed by atoms with Crippen LogP contribution in [0.15, 0.2) is 30.3 Å². The molecule has 5 atom stereocenters. The number of alkyl carbamates (subject to hydrolysis) is 1. The lowest BCUT2D eigenvalue weighted by molar-refractivity contribution is -0.122. The highest BCUT2D eigenvalue weighted by Gasteiger charge is 2.53. The molecule has 0 radical (unpaired) electrons. The third-order valence-corrected chi connectivity index (χ3v) is 6.84. The zero-order valence-corrected chi connectivity index (χ0v) is 15.9. The van der Waals surface area contributed by atoms with E-state index < -0.39 is 6.09 Å². The predicted octanol–water partition coefficient (Wildman–Crippen LogP) is 3.63. The fraction of sp³-hybridized carbons (Fsp3) is 0.636. The Labute approximate surface area is 161 Å². The number of amides is 2. The molecule has 0 spiro atoms. The Bertz CT molecular complexity index is 663. The van der Waals surface area contributed by atoms with Crippen LogP contribution in [0.25, 0.3) is 0 Å². The number of carbonyl (C=O) groups is 2. The van der Waals surface area contributed by atoms with Gasteiger partial charge in [0.25, 0.3) is 0 Å². The quantitative estimate of drug-likeness (QED) is 0.720. The van der Waals surface area contributed by atoms with Crippen LogP contribution in [0.4, 0.5) is 4.79 Å². The second-order valence-corrected chi connectivity index (χ2v) is 8.42. The van der Waals surface area contributed by atoms with Gasteiger partial charge in [-0.15, -0.1) is 0 Å². The van der Waals surface area contributed by atoms with Crippen LogP contribution in [0.5, 0.6) is 0 Å². The molecule has 1 aromatic rings. The molecule has 146 valence electrons. The number of hydrogen-bond donors (Lipinski definition) is 2. The van der Waals surface area contributed by atoms with Crippen molar-refractivity contribution in [1.29, 1.82) is 0 Å². The van der Waals surface area contributed by atoms with Crippen LogP contribution in [-0.4, -0.2) is 24.6 Å². The maximum absolute atomic E-state index is 12.3. The van der Waals surface area contributed by atoms with Crippen LogP contribution in [0, 0.1) is 23.7 Å². The van der Waals surface area contributed by atoms with E-state index in [-0.39, 0.29) is 12.5 Å². The van der Waals surface area contributed by atoms with Crippen molar-refractivity contribution in [1.82, 2.24) is 10.6 Å². The number of fused-ring (bicyclic) bond motifs is 5. The average Bonchev–Trinajstić information content (AvgIpc) is 3.38. The van der Waals surface area contributed by atoms with Gasteiger partial charge in [-0.25, -0.2) is 4.79 Å². The summed E-state index contributed by atoms with van der Waals surface area (Å²) in [6.45, 7) is 0.724. The third-order valence-electron chi connectivity index (χ3n) is 6.84. The molecule has 0 saturated heterocycles. The van der Waals surface area contributed by atoms with Gasteiger partial charge in [0.15, 0.2) is 0 Å². The highest BCUT2D eigenvalue weighted by Crippen LogP contribution is 2.58. The smallest absolute Gasteiger partial charge is 0.407 e. The minimum absolute atomic E-state index is 0.126. The van der Waals surface area contributed by atoms with E-state index in [0.29, 0.717) is 25.4 Å². The Morgan fingerprint density at radius 2 is 1.85 bits per heavy atom. The van der Waals surface area contributed by atoms with E-state index >= 15 is 0 Å². The van der Waals surface area contributed by atoms with Gasteiger partial charge in [0.05, 0.1) is 0 Å². The maximum atomic E-state index is 12.3. The topological polar surface area (TPSA) is 67.4 Å². The van der Waals surface area contributed by atoms with Gasteiger partial charge in [0.2, 0.25) is 5.91 Å². The van der Waals surface area contributed by atoms with E-state index in [1.54, 1.807) is 0 Å². The Morgan fingerprint density at radius 3 is 2.70 bits per heavy atom. The normalized spacial score (nSPS) is 30.7. The summed E-state index contributed by atoms with van der Waals surface area (Å²) in [4.78, 5) is 24.0. The van der Waals surface area contributed by atoms with Gasteiger partial charge in [-0.1, -0.05) is 36.8 Å². The lowest BCUT2D eigenvalue weighted by Crippen LogP contribution is -2.42. The molecule has 4 rings (SSSR count). The van der Waals surface area contributed by atoms with E-state index in [1.165, 1.54) is 32.1 Å². The van der Waals surface area contributed by atoms with Crippen molar-refractivity contribution in [3.63, 3.8) is 0 Å². The summed E-state index contributed by atoms with van der Waals surface area (Å²) < 4.78 is 5.17. The van der Waals surface area contributed by atoms with Gasteiger partial charge < -0.3 is 15.4 Å². The van der Waals surface area contributed by atoms with Crippen molar-refractivity contribution in [2.75, 3.05) is 6.54 Å². The van der Waals surface area contributed by atoms with Gasteiger partial charge in [-0.2, -0.15) is 0 Å². The monoisotopic (exact) mass is 370 g/mol. The average molecular weight is 370 g/mol. The summed E-state index contributed by atoms with van der Waals surface area (Å²) in [6, 6.07) is 9.99. The van der Waals surface area contributed by atoms with Crippen LogP contribution < -0.4 is 10.6 Å². The first kappa shape index (κ1) is 18.3. The van der Waals surface area contributed by atoms with Crippen LogP contribution in [-0.2, 0) is 16.1 Å². The first-order valence-electron chi connectivity index (χ1n) is 10.4. The SMILES string of the molecule is O=C(CCCNC(=O)OCc1ccccc1)N[C@@H]1C[C@H]2C[C@H]1[C@H]1CCC[C@@H]21. The molecule has 0 unspecified atom stereocenters. The van der Waals surface area contributed by atoms with Crippen molar-refractivity contribution >= 4 is 12.0 Å². The molecule has 27 heavy (non-hydrogen) atoms. The Morgan fingerprint density at radius 1 is 1.04 bits per heavy atom. The zero-order valence-electron chi connectivity index (χ0n) is 15.9. The largest absolute Gasteiger partial charge is 0.445 e. The molecule has 2 amide bonds. The van der Waals surface area contributed by atoms with Crippen LogP contribution >= 0.6 is 0 Å². The lowest BCUT2D eigenvalue weighted by atomic mass is 9.79. The van der Waals surface area contributed by atoms with E-state index in [0.717, 1.165) is 29.2 Å². The summed E-state index contributed by atoms with van der Waals surface area (Å²) in [6.07, 6.45) is 7.34. The molecule has 3 fully saturated rings. The number of nitrogens with one attached hydrogen (secondary N) is 2. The fourth-order valence-electron chi connectivity index (χ4n) is 5.73. The van der Waals surface area contributed by atoms with Crippen LogP contribution in [0.2, 0.25) is 0 Å². The second-order valence-electron chi connectivity index (χ2n) is 8.42. The maximum Gasteiger partial charge on any atom is 0.407 e. The Kier molecular flexibility index (Phi) is 5.65. The van der Waals surface area contributed by atoms with E-state index in [1.807, 2.05) is 30.3 Å². The van der Waals surface area contributed by atoms with Crippen molar-refractivity contribution in [3.8, 4) is 0 Å². The Hall–Kier alpha value is -2.04. The van der Waals surface area contributed by atoms with Gasteiger partial charge in [-0.3, -0.25) is 4.79 Å². The van der Waals surface area contributed by atoms with E-state index in [2.05, 4.69) is 10.6 Å². The fourth-order valence-corrected chi connectivity index (χ4v) is 5.73. The number of benzene rings is 1. The standard InChI is InChI=1S/C22H30N2O3/c25-21(24-20-13-16-12-19(20)18-9-4-8-17(16)18)10-5-11-23-22(26)27-14-15-6-2-1-3-7-15/h1-3,6-7,16-20H,4-5,8-14H2,(H,23,26)(H,24,25)/t16-,17+,18+,19+,20-/m1/s1. The molecule has 1 aromatic carbocycles. The van der Waals surface area contributed by atoms with Crippen molar-refractivity contribution in [2.45, 2.75) is 57.6 Å². The molecule has 3 aliphatic carbocycles. The molecule has 3 aliphatic rings. The Balaban J connectivity index is 1.09. The number of ether oxygens (including phenoxy) is 1. The molecular weight excluding hydrogens is 340 g/mol. The van der Waals surface area contributed by atoms with Gasteiger partial charge in [0, 0.05) is 19.0 Å².